The highest BCUT2D eigenvalue weighted by molar-refractivity contribution is 5.89. The lowest BCUT2D eigenvalue weighted by Gasteiger charge is -2.15. The summed E-state index contributed by atoms with van der Waals surface area (Å²) in [5.74, 6) is -1.62. The Labute approximate surface area is 153 Å². The number of halogens is 1. The molecule has 4 rings (SSSR count). The second-order valence-corrected chi connectivity index (χ2v) is 6.78. The van der Waals surface area contributed by atoms with Gasteiger partial charge in [-0.15, -0.1) is 0 Å². The summed E-state index contributed by atoms with van der Waals surface area (Å²) < 4.78 is 15.4. The second-order valence-electron chi connectivity index (χ2n) is 6.78. The van der Waals surface area contributed by atoms with Gasteiger partial charge in [0, 0.05) is 6.20 Å². The number of nitrogens with zero attached hydrogens (tertiary/aromatic N) is 2. The van der Waals surface area contributed by atoms with Crippen LogP contribution in [-0.4, -0.2) is 15.5 Å². The Morgan fingerprint density at radius 2 is 2.04 bits per heavy atom. The number of carboxylic acids is 1. The molecular weight excluding hydrogens is 347 g/mol. The predicted octanol–water partition coefficient (Wildman–Crippen LogP) is 3.86. The first-order valence-corrected chi connectivity index (χ1v) is 8.54. The summed E-state index contributed by atoms with van der Waals surface area (Å²) in [6.45, 7) is 1.84. The highest BCUT2D eigenvalue weighted by atomic mass is 19.1. The number of pyridine rings is 2. The van der Waals surface area contributed by atoms with Crippen molar-refractivity contribution in [2.45, 2.75) is 25.7 Å². The number of aryl methyl sites for hydroxylation is 1. The van der Waals surface area contributed by atoms with Gasteiger partial charge in [-0.25, -0.2) is 9.18 Å². The fraction of sp³-hybridized carbons (Fsp3) is 0.190. The average molecular weight is 362 g/mol. The van der Waals surface area contributed by atoms with E-state index in [1.165, 1.54) is 28.8 Å². The van der Waals surface area contributed by atoms with Crippen molar-refractivity contribution in [2.24, 2.45) is 0 Å². The number of benzene rings is 1. The van der Waals surface area contributed by atoms with Crippen molar-refractivity contribution in [3.63, 3.8) is 0 Å². The van der Waals surface area contributed by atoms with Gasteiger partial charge < -0.3 is 5.11 Å². The summed E-state index contributed by atoms with van der Waals surface area (Å²) in [5, 5.41) is 18.3. The Kier molecular flexibility index (Phi) is 3.81. The van der Waals surface area contributed by atoms with Crippen LogP contribution in [0, 0.1) is 24.1 Å². The molecule has 0 bridgehead atoms. The van der Waals surface area contributed by atoms with Crippen LogP contribution in [0.25, 0.3) is 16.6 Å². The first-order chi connectivity index (χ1) is 12.9. The van der Waals surface area contributed by atoms with Crippen LogP contribution < -0.4 is 5.56 Å². The monoisotopic (exact) mass is 362 g/mol. The van der Waals surface area contributed by atoms with Crippen molar-refractivity contribution >= 4 is 11.5 Å². The van der Waals surface area contributed by atoms with E-state index in [-0.39, 0.29) is 17.0 Å². The normalized spacial score (nSPS) is 13.5. The van der Waals surface area contributed by atoms with Crippen molar-refractivity contribution in [3.05, 3.63) is 75.0 Å². The van der Waals surface area contributed by atoms with Gasteiger partial charge in [-0.05, 0) is 72.2 Å². The first-order valence-electron chi connectivity index (χ1n) is 8.54. The van der Waals surface area contributed by atoms with Crippen LogP contribution >= 0.6 is 0 Å². The van der Waals surface area contributed by atoms with E-state index in [1.807, 2.05) is 6.92 Å². The summed E-state index contributed by atoms with van der Waals surface area (Å²) in [6, 6.07) is 9.35. The lowest BCUT2D eigenvalue weighted by atomic mass is 9.96. The molecule has 1 N–H and O–H groups in total. The van der Waals surface area contributed by atoms with Crippen LogP contribution in [-0.2, 0) is 0 Å². The molecule has 1 aromatic carbocycles. The van der Waals surface area contributed by atoms with E-state index in [4.69, 9.17) is 5.26 Å². The largest absolute Gasteiger partial charge is 0.477 e. The molecule has 0 aliphatic heterocycles. The Hall–Kier alpha value is -3.46. The number of hydrogen-bond donors (Lipinski definition) is 1. The van der Waals surface area contributed by atoms with Gasteiger partial charge in [-0.2, -0.15) is 5.26 Å². The molecule has 0 unspecified atom stereocenters. The number of rotatable bonds is 3. The van der Waals surface area contributed by atoms with Crippen LogP contribution in [0.3, 0.4) is 0 Å². The molecule has 0 amide bonds. The number of aromatic carboxylic acids is 1. The standard InChI is InChI=1S/C21H15FN2O3/c1-11-15(13-4-5-14(10-23)18(22)8-13)6-7-24-19(11)16(12-2-3-12)9-17(20(24)25)21(26)27/h4-9,12H,2-3H2,1H3,(H,26,27). The van der Waals surface area contributed by atoms with Gasteiger partial charge in [0.1, 0.15) is 17.4 Å². The van der Waals surface area contributed by atoms with E-state index >= 15 is 0 Å². The van der Waals surface area contributed by atoms with Crippen LogP contribution in [0.1, 0.15) is 45.8 Å². The third-order valence-electron chi connectivity index (χ3n) is 5.06. The van der Waals surface area contributed by atoms with Gasteiger partial charge in [0.2, 0.25) is 0 Å². The zero-order valence-electron chi connectivity index (χ0n) is 14.5. The number of nitriles is 1. The van der Waals surface area contributed by atoms with E-state index in [0.717, 1.165) is 29.5 Å². The molecule has 27 heavy (non-hydrogen) atoms. The number of fused-ring (bicyclic) bond motifs is 1. The molecule has 1 aliphatic carbocycles. The molecule has 6 heteroatoms. The van der Waals surface area contributed by atoms with Gasteiger partial charge in [-0.3, -0.25) is 9.20 Å². The number of hydrogen-bond acceptors (Lipinski definition) is 3. The summed E-state index contributed by atoms with van der Waals surface area (Å²) in [5.41, 5.74) is 2.77. The van der Waals surface area contributed by atoms with E-state index in [2.05, 4.69) is 0 Å². The van der Waals surface area contributed by atoms with Crippen molar-refractivity contribution in [2.75, 3.05) is 0 Å². The Balaban J connectivity index is 2.02. The van der Waals surface area contributed by atoms with Crippen molar-refractivity contribution in [3.8, 4) is 17.2 Å². The van der Waals surface area contributed by atoms with E-state index in [9.17, 15) is 19.1 Å². The molecular formula is C21H15FN2O3. The molecule has 2 aromatic heterocycles. The van der Waals surface area contributed by atoms with Crippen LogP contribution in [0.2, 0.25) is 0 Å². The topological polar surface area (TPSA) is 82.6 Å². The molecule has 1 aliphatic rings. The quantitative estimate of drug-likeness (QED) is 0.767. The van der Waals surface area contributed by atoms with Crippen LogP contribution in [0.5, 0.6) is 0 Å². The predicted molar refractivity (Wildman–Crippen MR) is 97.4 cm³/mol. The van der Waals surface area contributed by atoms with Gasteiger partial charge in [0.05, 0.1) is 11.1 Å². The molecule has 1 fully saturated rings. The molecule has 3 aromatic rings. The smallest absolute Gasteiger partial charge is 0.341 e. The van der Waals surface area contributed by atoms with E-state index in [1.54, 1.807) is 18.2 Å². The molecule has 0 saturated heterocycles. The van der Waals surface area contributed by atoms with E-state index < -0.39 is 17.3 Å². The minimum absolute atomic E-state index is 0.0295. The molecule has 134 valence electrons. The molecule has 1 saturated carbocycles. The average Bonchev–Trinajstić information content (AvgIpc) is 3.47. The lowest BCUT2D eigenvalue weighted by Crippen LogP contribution is -2.23. The van der Waals surface area contributed by atoms with Crippen LogP contribution in [0.4, 0.5) is 4.39 Å². The van der Waals surface area contributed by atoms with Crippen molar-refractivity contribution < 1.29 is 14.3 Å². The fourth-order valence-corrected chi connectivity index (χ4v) is 3.54. The summed E-state index contributed by atoms with van der Waals surface area (Å²) in [6.07, 6.45) is 3.43. The van der Waals surface area contributed by atoms with Gasteiger partial charge in [-0.1, -0.05) is 6.07 Å². The minimum atomic E-state index is -1.24. The zero-order chi connectivity index (χ0) is 19.3. The highest BCUT2D eigenvalue weighted by Crippen LogP contribution is 2.43. The maximum absolute atomic E-state index is 14.1. The Bertz CT molecular complexity index is 1220. The Morgan fingerprint density at radius 3 is 2.63 bits per heavy atom. The molecule has 5 nitrogen and oxygen atoms in total. The molecule has 2 heterocycles. The second kappa shape index (κ2) is 6.06. The van der Waals surface area contributed by atoms with Gasteiger partial charge in [0.15, 0.2) is 0 Å². The van der Waals surface area contributed by atoms with Gasteiger partial charge >= 0.3 is 5.97 Å². The number of aromatic nitrogens is 1. The fourth-order valence-electron chi connectivity index (χ4n) is 3.54. The maximum atomic E-state index is 14.1. The Morgan fingerprint density at radius 1 is 1.30 bits per heavy atom. The summed E-state index contributed by atoms with van der Waals surface area (Å²) in [7, 11) is 0. The number of carboxylic acid groups (broad SMARTS) is 1. The number of carbonyl (C=O) groups is 1. The summed E-state index contributed by atoms with van der Waals surface area (Å²) >= 11 is 0. The third-order valence-corrected chi connectivity index (χ3v) is 5.06. The molecule has 0 atom stereocenters. The van der Waals surface area contributed by atoms with Crippen molar-refractivity contribution in [1.29, 1.82) is 5.26 Å². The first kappa shape index (κ1) is 17.0. The SMILES string of the molecule is Cc1c(-c2ccc(C#N)c(F)c2)ccn2c(=O)c(C(=O)O)cc(C3CC3)c12. The minimum Gasteiger partial charge on any atom is -0.477 e. The van der Waals surface area contributed by atoms with Crippen LogP contribution in [0.15, 0.2) is 41.3 Å². The lowest BCUT2D eigenvalue weighted by molar-refractivity contribution is 0.0694. The molecule has 0 radical (unpaired) electrons. The van der Waals surface area contributed by atoms with Crippen molar-refractivity contribution in [1.82, 2.24) is 4.40 Å². The summed E-state index contributed by atoms with van der Waals surface area (Å²) in [4.78, 5) is 24.0. The highest BCUT2D eigenvalue weighted by Gasteiger charge is 2.29. The third kappa shape index (κ3) is 2.68. The zero-order valence-corrected chi connectivity index (χ0v) is 14.5. The maximum Gasteiger partial charge on any atom is 0.341 e. The molecule has 0 spiro atoms. The van der Waals surface area contributed by atoms with Gasteiger partial charge in [0.25, 0.3) is 5.56 Å². The van der Waals surface area contributed by atoms with E-state index in [0.29, 0.717) is 11.1 Å².